The van der Waals surface area contributed by atoms with Crippen LogP contribution in [0.3, 0.4) is 0 Å². The van der Waals surface area contributed by atoms with Crippen molar-refractivity contribution in [2.75, 3.05) is 13.1 Å². The van der Waals surface area contributed by atoms with E-state index in [4.69, 9.17) is 5.11 Å². The van der Waals surface area contributed by atoms with Gasteiger partial charge >= 0.3 is 5.97 Å². The first-order chi connectivity index (χ1) is 8.86. The summed E-state index contributed by atoms with van der Waals surface area (Å²) in [5.41, 5.74) is 2.56. The average Bonchev–Trinajstić information content (AvgIpc) is 2.55. The van der Waals surface area contributed by atoms with Crippen LogP contribution >= 0.6 is 0 Å². The molecule has 1 amide bonds. The molecule has 0 radical (unpaired) electrons. The van der Waals surface area contributed by atoms with Crippen molar-refractivity contribution in [1.82, 2.24) is 14.7 Å². The molecular formula is C13H19N3O3. The minimum atomic E-state index is -1.03. The normalized spacial score (nSPS) is 10.3. The lowest BCUT2D eigenvalue weighted by molar-refractivity contribution is -0.143. The Hall–Kier alpha value is -2.11. The van der Waals surface area contributed by atoms with E-state index in [2.05, 4.69) is 11.7 Å². The lowest BCUT2D eigenvalue weighted by Gasteiger charge is -2.18. The zero-order valence-electron chi connectivity index (χ0n) is 11.5. The number of aryl methyl sites for hydroxylation is 2. The van der Waals surface area contributed by atoms with E-state index in [1.807, 2.05) is 20.9 Å². The quantitative estimate of drug-likeness (QED) is 0.767. The number of carbonyl (C=O) groups excluding carboxylic acids is 1. The molecule has 0 aliphatic rings. The predicted octanol–water partition coefficient (Wildman–Crippen LogP) is 0.679. The number of nitrogens with zero attached hydrogens (tertiary/aromatic N) is 3. The van der Waals surface area contributed by atoms with Crippen LogP contribution in [0.25, 0.3) is 0 Å². The first kappa shape index (κ1) is 14.9. The second-order valence-electron chi connectivity index (χ2n) is 4.41. The molecule has 104 valence electrons. The molecule has 0 unspecified atom stereocenters. The Kier molecular flexibility index (Phi) is 4.86. The highest BCUT2D eigenvalue weighted by Crippen LogP contribution is 2.13. The summed E-state index contributed by atoms with van der Waals surface area (Å²) in [4.78, 5) is 24.1. The number of carboxylic acids is 1. The van der Waals surface area contributed by atoms with Crippen LogP contribution < -0.4 is 0 Å². The highest BCUT2D eigenvalue weighted by molar-refractivity contribution is 5.83. The molecule has 0 bridgehead atoms. The van der Waals surface area contributed by atoms with Crippen LogP contribution in [0.2, 0.25) is 0 Å². The van der Waals surface area contributed by atoms with Gasteiger partial charge in [-0.3, -0.25) is 14.3 Å². The number of carboxylic acid groups (broad SMARTS) is 1. The molecule has 1 heterocycles. The Morgan fingerprint density at radius 3 is 2.53 bits per heavy atom. The summed E-state index contributed by atoms with van der Waals surface area (Å²) in [7, 11) is 1.81. The largest absolute Gasteiger partial charge is 0.480 e. The van der Waals surface area contributed by atoms with Crippen molar-refractivity contribution in [2.45, 2.75) is 20.3 Å². The molecule has 1 aromatic rings. The average molecular weight is 265 g/mol. The Labute approximate surface area is 112 Å². The lowest BCUT2D eigenvalue weighted by atomic mass is 10.1. The molecule has 0 spiro atoms. The van der Waals surface area contributed by atoms with Gasteiger partial charge in [-0.15, -0.1) is 6.58 Å². The van der Waals surface area contributed by atoms with Crippen LogP contribution in [0.5, 0.6) is 0 Å². The smallest absolute Gasteiger partial charge is 0.323 e. The third kappa shape index (κ3) is 3.67. The fraction of sp³-hybridized carbons (Fsp3) is 0.462. The van der Waals surface area contributed by atoms with E-state index in [1.165, 1.54) is 11.0 Å². The van der Waals surface area contributed by atoms with Crippen LogP contribution in [0.15, 0.2) is 12.7 Å². The summed E-state index contributed by atoms with van der Waals surface area (Å²) >= 11 is 0. The molecule has 0 fully saturated rings. The van der Waals surface area contributed by atoms with Crippen LogP contribution in [-0.2, 0) is 23.1 Å². The summed E-state index contributed by atoms with van der Waals surface area (Å²) in [6.45, 7) is 7.17. The van der Waals surface area contributed by atoms with Gasteiger partial charge in [0.1, 0.15) is 6.54 Å². The summed E-state index contributed by atoms with van der Waals surface area (Å²) in [6.07, 6.45) is 1.68. The van der Waals surface area contributed by atoms with Crippen LogP contribution in [-0.4, -0.2) is 44.8 Å². The van der Waals surface area contributed by atoms with Gasteiger partial charge in [0, 0.05) is 24.8 Å². The molecule has 6 heteroatoms. The summed E-state index contributed by atoms with van der Waals surface area (Å²) < 4.78 is 1.72. The van der Waals surface area contributed by atoms with Crippen molar-refractivity contribution in [2.24, 2.45) is 7.05 Å². The van der Waals surface area contributed by atoms with Gasteiger partial charge in [-0.1, -0.05) is 6.08 Å². The molecule has 1 rings (SSSR count). The van der Waals surface area contributed by atoms with Crippen LogP contribution in [0.4, 0.5) is 0 Å². The van der Waals surface area contributed by atoms with Gasteiger partial charge < -0.3 is 10.0 Å². The van der Waals surface area contributed by atoms with E-state index in [0.29, 0.717) is 0 Å². The van der Waals surface area contributed by atoms with E-state index in [9.17, 15) is 9.59 Å². The van der Waals surface area contributed by atoms with Crippen LogP contribution in [0.1, 0.15) is 17.0 Å². The first-order valence-electron chi connectivity index (χ1n) is 5.96. The molecule has 1 aromatic heterocycles. The van der Waals surface area contributed by atoms with Gasteiger partial charge in [0.15, 0.2) is 0 Å². The Balaban J connectivity index is 2.86. The molecule has 0 saturated carbocycles. The number of amides is 1. The van der Waals surface area contributed by atoms with Crippen molar-refractivity contribution >= 4 is 11.9 Å². The Morgan fingerprint density at radius 2 is 2.11 bits per heavy atom. The van der Waals surface area contributed by atoms with Gasteiger partial charge in [0.25, 0.3) is 0 Å². The second kappa shape index (κ2) is 6.17. The van der Waals surface area contributed by atoms with E-state index < -0.39 is 5.97 Å². The predicted molar refractivity (Wildman–Crippen MR) is 70.8 cm³/mol. The standard InChI is InChI=1S/C13H19N3O3/c1-5-6-16(8-13(18)19)12(17)7-11-9(2)14-15(4)10(11)3/h5H,1,6-8H2,2-4H3,(H,18,19). The summed E-state index contributed by atoms with van der Waals surface area (Å²) in [5.74, 6) is -1.27. The molecule has 0 aliphatic heterocycles. The fourth-order valence-electron chi connectivity index (χ4n) is 1.91. The van der Waals surface area contributed by atoms with Gasteiger partial charge in [-0.25, -0.2) is 0 Å². The number of hydrogen-bond donors (Lipinski definition) is 1. The number of rotatable bonds is 6. The molecule has 1 N–H and O–H groups in total. The summed E-state index contributed by atoms with van der Waals surface area (Å²) in [6, 6.07) is 0. The van der Waals surface area contributed by atoms with E-state index in [-0.39, 0.29) is 25.4 Å². The zero-order chi connectivity index (χ0) is 14.6. The molecule has 0 aliphatic carbocycles. The number of hydrogen-bond acceptors (Lipinski definition) is 3. The SMILES string of the molecule is C=CCN(CC(=O)O)C(=O)Cc1c(C)nn(C)c1C. The highest BCUT2D eigenvalue weighted by Gasteiger charge is 2.19. The summed E-state index contributed by atoms with van der Waals surface area (Å²) in [5, 5.41) is 13.0. The van der Waals surface area contributed by atoms with Crippen molar-refractivity contribution in [1.29, 1.82) is 0 Å². The van der Waals surface area contributed by atoms with Crippen molar-refractivity contribution in [3.05, 3.63) is 29.6 Å². The molecule has 19 heavy (non-hydrogen) atoms. The maximum Gasteiger partial charge on any atom is 0.323 e. The van der Waals surface area contributed by atoms with Crippen molar-refractivity contribution in [3.63, 3.8) is 0 Å². The molecule has 6 nitrogen and oxygen atoms in total. The maximum atomic E-state index is 12.1. The minimum absolute atomic E-state index is 0.159. The van der Waals surface area contributed by atoms with Crippen molar-refractivity contribution < 1.29 is 14.7 Å². The number of carbonyl (C=O) groups is 2. The van der Waals surface area contributed by atoms with Crippen LogP contribution in [0, 0.1) is 13.8 Å². The third-order valence-corrected chi connectivity index (χ3v) is 3.02. The molecular weight excluding hydrogens is 246 g/mol. The zero-order valence-corrected chi connectivity index (χ0v) is 11.5. The van der Waals surface area contributed by atoms with Crippen molar-refractivity contribution in [3.8, 4) is 0 Å². The Morgan fingerprint density at radius 1 is 1.47 bits per heavy atom. The number of aromatic nitrogens is 2. The second-order valence-corrected chi connectivity index (χ2v) is 4.41. The first-order valence-corrected chi connectivity index (χ1v) is 5.96. The monoisotopic (exact) mass is 265 g/mol. The third-order valence-electron chi connectivity index (χ3n) is 3.02. The van der Waals surface area contributed by atoms with Gasteiger partial charge in [0.2, 0.25) is 5.91 Å². The van der Waals surface area contributed by atoms with Gasteiger partial charge in [-0.2, -0.15) is 5.10 Å². The molecule has 0 atom stereocenters. The highest BCUT2D eigenvalue weighted by atomic mass is 16.4. The minimum Gasteiger partial charge on any atom is -0.480 e. The molecule has 0 aromatic carbocycles. The molecule has 0 saturated heterocycles. The van der Waals surface area contributed by atoms with Gasteiger partial charge in [0.05, 0.1) is 12.1 Å². The lowest BCUT2D eigenvalue weighted by Crippen LogP contribution is -2.36. The topological polar surface area (TPSA) is 75.4 Å². The Bertz CT molecular complexity index is 505. The van der Waals surface area contributed by atoms with E-state index in [0.717, 1.165) is 17.0 Å². The maximum absolute atomic E-state index is 12.1. The van der Waals surface area contributed by atoms with E-state index in [1.54, 1.807) is 4.68 Å². The fourth-order valence-corrected chi connectivity index (χ4v) is 1.91. The van der Waals surface area contributed by atoms with E-state index >= 15 is 0 Å². The van der Waals surface area contributed by atoms with Gasteiger partial charge in [-0.05, 0) is 13.8 Å². The number of aliphatic carboxylic acids is 1.